The van der Waals surface area contributed by atoms with Gasteiger partial charge in [0, 0.05) is 10.8 Å². The molecule has 10 rings (SSSR count). The van der Waals surface area contributed by atoms with Gasteiger partial charge in [-0.15, -0.1) is 0 Å². The van der Waals surface area contributed by atoms with Crippen LogP contribution in [0.3, 0.4) is 0 Å². The molecule has 0 aliphatic rings. The molecule has 0 saturated carbocycles. The van der Waals surface area contributed by atoms with Gasteiger partial charge < -0.3 is 4.42 Å². The van der Waals surface area contributed by atoms with E-state index in [-0.39, 0.29) is 29.7 Å². The SMILES string of the molecule is [2H]c1c([2H])c([2H])c(-c2cc(-c3c4ccccc4c(-c4cccc5oc6cc7ccccc7cc6c45)c4ccccc34)c3ccccc3c2)c([2H])c1[2H]. The number of fused-ring (bicyclic) bond motifs is 7. The highest BCUT2D eigenvalue weighted by Gasteiger charge is 2.21. The van der Waals surface area contributed by atoms with Crippen molar-refractivity contribution in [2.75, 3.05) is 0 Å². The molecule has 0 bridgehead atoms. The van der Waals surface area contributed by atoms with Gasteiger partial charge in [0.05, 0.1) is 6.85 Å². The zero-order valence-corrected chi connectivity index (χ0v) is 25.2. The first-order valence-corrected chi connectivity index (χ1v) is 15.8. The molecule has 0 radical (unpaired) electrons. The minimum Gasteiger partial charge on any atom is -0.456 e. The summed E-state index contributed by atoms with van der Waals surface area (Å²) >= 11 is 0. The largest absolute Gasteiger partial charge is 0.456 e. The fourth-order valence-corrected chi connectivity index (χ4v) is 7.48. The number of hydrogen-bond acceptors (Lipinski definition) is 1. The van der Waals surface area contributed by atoms with Crippen molar-refractivity contribution in [2.45, 2.75) is 0 Å². The van der Waals surface area contributed by atoms with Gasteiger partial charge in [0.2, 0.25) is 0 Å². The molecular weight excluding hydrogens is 569 g/mol. The lowest BCUT2D eigenvalue weighted by Crippen LogP contribution is -1.93. The molecule has 0 fully saturated rings. The molecule has 0 aliphatic heterocycles. The first-order chi connectivity index (χ1) is 25.4. The average molecular weight is 602 g/mol. The Hall–Kier alpha value is -6.18. The van der Waals surface area contributed by atoms with Crippen LogP contribution in [-0.4, -0.2) is 0 Å². The maximum absolute atomic E-state index is 8.82. The molecule has 0 aliphatic carbocycles. The fraction of sp³-hybridized carbons (Fsp3) is 0. The van der Waals surface area contributed by atoms with E-state index >= 15 is 0 Å². The zero-order chi connectivity index (χ0) is 35.2. The molecule has 10 aromatic rings. The van der Waals surface area contributed by atoms with E-state index < -0.39 is 6.04 Å². The van der Waals surface area contributed by atoms with Gasteiger partial charge in [0.15, 0.2) is 0 Å². The predicted molar refractivity (Wildman–Crippen MR) is 200 cm³/mol. The Morgan fingerprint density at radius 1 is 0.383 bits per heavy atom. The van der Waals surface area contributed by atoms with Crippen LogP contribution in [0.2, 0.25) is 0 Å². The molecule has 0 saturated heterocycles. The summed E-state index contributed by atoms with van der Waals surface area (Å²) in [6.07, 6.45) is 0. The summed E-state index contributed by atoms with van der Waals surface area (Å²) in [5.74, 6) is 0. The van der Waals surface area contributed by atoms with Gasteiger partial charge in [-0.25, -0.2) is 0 Å². The highest BCUT2D eigenvalue weighted by molar-refractivity contribution is 6.27. The molecular formula is C46H28O. The first kappa shape index (κ1) is 21.5. The standard InChI is InChI=1S/C46H28O/c1-2-13-29(14-3-1)33-25-32-17-6-7-18-34(32)40(27-33)45-37-21-10-8-19-35(37)44(36-20-9-11-22-38(36)45)39-23-12-24-42-46(39)41-26-30-15-4-5-16-31(30)28-43(41)47-42/h1-28H/i1D,2D,3D,13D,14D. The highest BCUT2D eigenvalue weighted by atomic mass is 16.3. The molecule has 0 spiro atoms. The lowest BCUT2D eigenvalue weighted by atomic mass is 9.83. The summed E-state index contributed by atoms with van der Waals surface area (Å²) in [5.41, 5.74) is 6.59. The molecule has 0 unspecified atom stereocenters. The Bertz CT molecular complexity index is 3050. The Kier molecular flexibility index (Phi) is 4.66. The van der Waals surface area contributed by atoms with Crippen LogP contribution in [0.1, 0.15) is 6.85 Å². The van der Waals surface area contributed by atoms with Crippen molar-refractivity contribution >= 4 is 65.0 Å². The number of hydrogen-bond donors (Lipinski definition) is 0. The Balaban J connectivity index is 1.34. The summed E-state index contributed by atoms with van der Waals surface area (Å²) in [7, 11) is 0. The minimum atomic E-state index is -0.402. The third kappa shape index (κ3) is 3.97. The predicted octanol–water partition coefficient (Wildman–Crippen LogP) is 13.2. The van der Waals surface area contributed by atoms with Crippen LogP contribution in [0.25, 0.3) is 98.4 Å². The molecule has 218 valence electrons. The van der Waals surface area contributed by atoms with Gasteiger partial charge in [-0.2, -0.15) is 0 Å². The quantitative estimate of drug-likeness (QED) is 0.184. The lowest BCUT2D eigenvalue weighted by Gasteiger charge is -2.20. The normalized spacial score (nSPS) is 13.3. The third-order valence-corrected chi connectivity index (χ3v) is 9.48. The van der Waals surface area contributed by atoms with Crippen molar-refractivity contribution < 1.29 is 11.3 Å². The molecule has 9 aromatic carbocycles. The van der Waals surface area contributed by atoms with E-state index in [4.69, 9.17) is 11.3 Å². The van der Waals surface area contributed by atoms with Crippen LogP contribution < -0.4 is 0 Å². The molecule has 1 aromatic heterocycles. The monoisotopic (exact) mass is 601 g/mol. The van der Waals surface area contributed by atoms with Gasteiger partial charge in [-0.3, -0.25) is 0 Å². The smallest absolute Gasteiger partial charge is 0.136 e. The number of benzene rings is 9. The van der Waals surface area contributed by atoms with Crippen LogP contribution in [0.5, 0.6) is 0 Å². The van der Waals surface area contributed by atoms with E-state index in [1.165, 1.54) is 0 Å². The highest BCUT2D eigenvalue weighted by Crippen LogP contribution is 2.48. The second-order valence-corrected chi connectivity index (χ2v) is 12.1. The average Bonchev–Trinajstić information content (AvgIpc) is 3.55. The van der Waals surface area contributed by atoms with Crippen LogP contribution in [0.4, 0.5) is 0 Å². The Labute approximate surface area is 279 Å². The second kappa shape index (κ2) is 10.2. The van der Waals surface area contributed by atoms with Gasteiger partial charge in [-0.1, -0.05) is 139 Å². The lowest BCUT2D eigenvalue weighted by molar-refractivity contribution is 0.669. The van der Waals surface area contributed by atoms with Crippen molar-refractivity contribution in [2.24, 2.45) is 0 Å². The maximum Gasteiger partial charge on any atom is 0.136 e. The summed E-state index contributed by atoms with van der Waals surface area (Å²) in [6, 6.07) is 46.5. The molecule has 0 amide bonds. The molecule has 1 heterocycles. The van der Waals surface area contributed by atoms with E-state index in [9.17, 15) is 0 Å². The van der Waals surface area contributed by atoms with Gasteiger partial charge in [-0.05, 0) is 107 Å². The van der Waals surface area contributed by atoms with Crippen molar-refractivity contribution in [1.29, 1.82) is 0 Å². The van der Waals surface area contributed by atoms with Crippen LogP contribution >= 0.6 is 0 Å². The maximum atomic E-state index is 8.82. The van der Waals surface area contributed by atoms with Gasteiger partial charge in [0.25, 0.3) is 0 Å². The minimum absolute atomic E-state index is 0.189. The van der Waals surface area contributed by atoms with Crippen molar-refractivity contribution in [1.82, 2.24) is 0 Å². The van der Waals surface area contributed by atoms with Crippen molar-refractivity contribution in [3.05, 3.63) is 170 Å². The molecule has 0 atom stereocenters. The van der Waals surface area contributed by atoms with E-state index in [0.29, 0.717) is 5.56 Å². The fourth-order valence-electron chi connectivity index (χ4n) is 7.48. The first-order valence-electron chi connectivity index (χ1n) is 18.3. The Morgan fingerprint density at radius 2 is 0.957 bits per heavy atom. The van der Waals surface area contributed by atoms with Crippen LogP contribution in [0.15, 0.2) is 174 Å². The van der Waals surface area contributed by atoms with Gasteiger partial charge >= 0.3 is 0 Å². The van der Waals surface area contributed by atoms with Gasteiger partial charge in [0.1, 0.15) is 11.2 Å². The molecule has 1 nitrogen and oxygen atoms in total. The van der Waals surface area contributed by atoms with E-state index in [0.717, 1.165) is 87.3 Å². The summed E-state index contributed by atoms with van der Waals surface area (Å²) in [5, 5.41) is 10.6. The Morgan fingerprint density at radius 3 is 1.64 bits per heavy atom. The summed E-state index contributed by atoms with van der Waals surface area (Å²) in [4.78, 5) is 0. The molecule has 0 N–H and O–H groups in total. The van der Waals surface area contributed by atoms with Crippen molar-refractivity contribution in [3.63, 3.8) is 0 Å². The number of rotatable bonds is 3. The molecule has 47 heavy (non-hydrogen) atoms. The molecule has 1 heteroatoms. The van der Waals surface area contributed by atoms with Crippen molar-refractivity contribution in [3.8, 4) is 33.4 Å². The van der Waals surface area contributed by atoms with Crippen LogP contribution in [0, 0.1) is 0 Å². The van der Waals surface area contributed by atoms with Crippen LogP contribution in [-0.2, 0) is 0 Å². The summed E-state index contributed by atoms with van der Waals surface area (Å²) in [6.45, 7) is 0. The zero-order valence-electron chi connectivity index (χ0n) is 30.2. The topological polar surface area (TPSA) is 13.1 Å². The van der Waals surface area contributed by atoms with E-state index in [2.05, 4.69) is 97.1 Å². The number of furan rings is 1. The third-order valence-electron chi connectivity index (χ3n) is 9.48. The van der Waals surface area contributed by atoms with E-state index in [1.807, 2.05) is 42.5 Å². The van der Waals surface area contributed by atoms with E-state index in [1.54, 1.807) is 0 Å². The summed E-state index contributed by atoms with van der Waals surface area (Å²) < 4.78 is 49.2. The second-order valence-electron chi connectivity index (χ2n) is 12.1.